The Balaban J connectivity index is 1.69. The first kappa shape index (κ1) is 16.2. The van der Waals surface area contributed by atoms with Crippen molar-refractivity contribution in [3.63, 3.8) is 0 Å². The van der Waals surface area contributed by atoms with Gasteiger partial charge in [-0.05, 0) is 30.3 Å². The molecule has 0 atom stereocenters. The maximum Gasteiger partial charge on any atom is 0.258 e. The van der Waals surface area contributed by atoms with Crippen LogP contribution in [0.4, 0.5) is 5.69 Å². The van der Waals surface area contributed by atoms with E-state index in [1.807, 2.05) is 30.3 Å². The molecule has 2 aromatic rings. The van der Waals surface area contributed by atoms with Gasteiger partial charge in [-0.25, -0.2) is 0 Å². The number of hydrogen-bond donors (Lipinski definition) is 2. The van der Waals surface area contributed by atoms with Crippen LogP contribution in [-0.4, -0.2) is 38.5 Å². The van der Waals surface area contributed by atoms with Crippen LogP contribution in [0.15, 0.2) is 54.6 Å². The number of carbonyl (C=O) groups excluding carboxylic acids is 2. The lowest BCUT2D eigenvalue weighted by Crippen LogP contribution is -2.48. The summed E-state index contributed by atoms with van der Waals surface area (Å²) in [7, 11) is 1.73. The van der Waals surface area contributed by atoms with Gasteiger partial charge in [0, 0.05) is 49.4 Å². The van der Waals surface area contributed by atoms with E-state index in [1.165, 1.54) is 0 Å². The quantitative estimate of drug-likeness (QED) is 0.884. The molecule has 0 aliphatic carbocycles. The van der Waals surface area contributed by atoms with Crippen molar-refractivity contribution in [2.24, 2.45) is 5.92 Å². The van der Waals surface area contributed by atoms with Gasteiger partial charge >= 0.3 is 0 Å². The minimum atomic E-state index is -0.140. The van der Waals surface area contributed by atoms with Crippen LogP contribution >= 0.6 is 0 Å². The summed E-state index contributed by atoms with van der Waals surface area (Å²) in [5.74, 6) is 0.223. The number of nitrogens with zero attached hydrogens (tertiary/aromatic N) is 1. The van der Waals surface area contributed by atoms with Crippen molar-refractivity contribution >= 4 is 17.5 Å². The van der Waals surface area contributed by atoms with Gasteiger partial charge in [0.1, 0.15) is 0 Å². The van der Waals surface area contributed by atoms with Crippen molar-refractivity contribution in [2.45, 2.75) is 0 Å². The minimum Gasteiger partial charge on any atom is -0.352 e. The van der Waals surface area contributed by atoms with Gasteiger partial charge in [-0.2, -0.15) is 0 Å². The highest BCUT2D eigenvalue weighted by atomic mass is 16.2. The predicted octanol–water partition coefficient (Wildman–Crippen LogP) is 1.91. The van der Waals surface area contributed by atoms with Gasteiger partial charge in [0.25, 0.3) is 11.8 Å². The van der Waals surface area contributed by atoms with Crippen molar-refractivity contribution in [2.75, 3.05) is 31.6 Å². The van der Waals surface area contributed by atoms with Gasteiger partial charge < -0.3 is 15.5 Å². The second-order valence-electron chi connectivity index (χ2n) is 6.01. The van der Waals surface area contributed by atoms with Crippen LogP contribution in [0.25, 0.3) is 0 Å². The fraction of sp³-hybridized carbons (Fsp3) is 0.263. The summed E-state index contributed by atoms with van der Waals surface area (Å²) in [5, 5.41) is 6.10. The Morgan fingerprint density at radius 3 is 2.46 bits per heavy atom. The lowest BCUT2D eigenvalue weighted by Gasteiger charge is -2.27. The van der Waals surface area contributed by atoms with E-state index >= 15 is 0 Å². The highest BCUT2D eigenvalue weighted by Gasteiger charge is 2.19. The first-order chi connectivity index (χ1) is 11.6. The van der Waals surface area contributed by atoms with Crippen LogP contribution in [-0.2, 0) is 0 Å². The molecule has 24 heavy (non-hydrogen) atoms. The number of carbonyl (C=O) groups is 2. The first-order valence-corrected chi connectivity index (χ1v) is 8.07. The second-order valence-corrected chi connectivity index (χ2v) is 6.01. The van der Waals surface area contributed by atoms with Crippen LogP contribution in [0.1, 0.15) is 20.7 Å². The Morgan fingerprint density at radius 2 is 1.79 bits per heavy atom. The second kappa shape index (κ2) is 7.27. The van der Waals surface area contributed by atoms with Gasteiger partial charge in [0.05, 0.1) is 0 Å². The first-order valence-electron chi connectivity index (χ1n) is 8.07. The Labute approximate surface area is 141 Å². The fourth-order valence-electron chi connectivity index (χ4n) is 2.59. The molecule has 0 bridgehead atoms. The molecule has 5 nitrogen and oxygen atoms in total. The number of rotatable bonds is 5. The van der Waals surface area contributed by atoms with E-state index in [-0.39, 0.29) is 11.8 Å². The summed E-state index contributed by atoms with van der Waals surface area (Å²) in [6.07, 6.45) is 0. The van der Waals surface area contributed by atoms with Crippen molar-refractivity contribution < 1.29 is 9.59 Å². The predicted molar refractivity (Wildman–Crippen MR) is 94.3 cm³/mol. The Kier molecular flexibility index (Phi) is 4.91. The molecule has 0 aromatic heterocycles. The van der Waals surface area contributed by atoms with Gasteiger partial charge in [0.15, 0.2) is 0 Å². The van der Waals surface area contributed by atoms with Crippen molar-refractivity contribution in [1.82, 2.24) is 10.6 Å². The average Bonchev–Trinajstić information content (AvgIpc) is 2.60. The minimum absolute atomic E-state index is 0.140. The Hall–Kier alpha value is -2.66. The van der Waals surface area contributed by atoms with E-state index in [4.69, 9.17) is 0 Å². The van der Waals surface area contributed by atoms with E-state index in [2.05, 4.69) is 10.6 Å². The molecule has 0 saturated carbocycles. The molecule has 1 heterocycles. The Morgan fingerprint density at radius 1 is 1.08 bits per heavy atom. The van der Waals surface area contributed by atoms with E-state index < -0.39 is 0 Å². The van der Waals surface area contributed by atoms with Crippen molar-refractivity contribution in [3.8, 4) is 0 Å². The largest absolute Gasteiger partial charge is 0.352 e. The molecule has 2 N–H and O–H groups in total. The standard InChI is InChI=1S/C19H21N3O2/c1-22(17-8-3-2-4-9-17)19(24)16-7-5-6-15(10-16)18(23)21-13-14-11-20-12-14/h2-10,14,20H,11-13H2,1H3,(H,21,23). The van der Waals surface area contributed by atoms with Crippen LogP contribution in [0.2, 0.25) is 0 Å². The zero-order valence-electron chi connectivity index (χ0n) is 13.7. The van der Waals surface area contributed by atoms with Crippen LogP contribution in [0.5, 0.6) is 0 Å². The molecule has 1 aliphatic rings. The van der Waals surface area contributed by atoms with Gasteiger partial charge in [0.2, 0.25) is 0 Å². The highest BCUT2D eigenvalue weighted by Crippen LogP contribution is 2.16. The number of benzene rings is 2. The average molecular weight is 323 g/mol. The molecule has 5 heteroatoms. The van der Waals surface area contributed by atoms with E-state index in [9.17, 15) is 9.59 Å². The monoisotopic (exact) mass is 323 g/mol. The summed E-state index contributed by atoms with van der Waals surface area (Å²) >= 11 is 0. The molecule has 124 valence electrons. The van der Waals surface area contributed by atoms with E-state index in [0.29, 0.717) is 23.6 Å². The zero-order valence-corrected chi connectivity index (χ0v) is 13.7. The van der Waals surface area contributed by atoms with Crippen molar-refractivity contribution in [1.29, 1.82) is 0 Å². The van der Waals surface area contributed by atoms with Crippen LogP contribution < -0.4 is 15.5 Å². The Bertz CT molecular complexity index is 726. The fourth-order valence-corrected chi connectivity index (χ4v) is 2.59. The topological polar surface area (TPSA) is 61.4 Å². The molecule has 0 unspecified atom stereocenters. The number of anilines is 1. The molecule has 2 aromatic carbocycles. The zero-order chi connectivity index (χ0) is 16.9. The summed E-state index contributed by atoms with van der Waals surface area (Å²) in [5.41, 5.74) is 1.82. The number of amides is 2. The van der Waals surface area contributed by atoms with Crippen LogP contribution in [0, 0.1) is 5.92 Å². The number of hydrogen-bond acceptors (Lipinski definition) is 3. The molecule has 1 aliphatic heterocycles. The van der Waals surface area contributed by atoms with Gasteiger partial charge in [-0.1, -0.05) is 24.3 Å². The SMILES string of the molecule is CN(C(=O)c1cccc(C(=O)NCC2CNC2)c1)c1ccccc1. The number of nitrogens with one attached hydrogen (secondary N) is 2. The lowest BCUT2D eigenvalue weighted by molar-refractivity contribution is 0.0942. The van der Waals surface area contributed by atoms with E-state index in [1.54, 1.807) is 36.2 Å². The van der Waals surface area contributed by atoms with Gasteiger partial charge in [-0.3, -0.25) is 9.59 Å². The summed E-state index contributed by atoms with van der Waals surface area (Å²) in [4.78, 5) is 26.5. The smallest absolute Gasteiger partial charge is 0.258 e. The third-order valence-electron chi connectivity index (χ3n) is 4.24. The van der Waals surface area contributed by atoms with E-state index in [0.717, 1.165) is 18.8 Å². The summed E-state index contributed by atoms with van der Waals surface area (Å²) < 4.78 is 0. The third kappa shape index (κ3) is 3.63. The maximum absolute atomic E-state index is 12.6. The molecule has 0 spiro atoms. The molecule has 0 radical (unpaired) electrons. The van der Waals surface area contributed by atoms with Gasteiger partial charge in [-0.15, -0.1) is 0 Å². The normalized spacial score (nSPS) is 13.9. The molecule has 1 saturated heterocycles. The molecule has 3 rings (SSSR count). The molecule has 1 fully saturated rings. The highest BCUT2D eigenvalue weighted by molar-refractivity contribution is 6.07. The number of para-hydroxylation sites is 1. The summed E-state index contributed by atoms with van der Waals surface area (Å²) in [6.45, 7) is 2.55. The lowest BCUT2D eigenvalue weighted by atomic mass is 10.0. The van der Waals surface area contributed by atoms with Crippen LogP contribution in [0.3, 0.4) is 0 Å². The maximum atomic E-state index is 12.6. The summed E-state index contributed by atoms with van der Waals surface area (Å²) in [6, 6.07) is 16.3. The molecular formula is C19H21N3O2. The molecular weight excluding hydrogens is 302 g/mol. The van der Waals surface area contributed by atoms with Crippen molar-refractivity contribution in [3.05, 3.63) is 65.7 Å². The molecule has 2 amide bonds. The third-order valence-corrected chi connectivity index (χ3v) is 4.24.